The zero-order valence-corrected chi connectivity index (χ0v) is 24.9. The van der Waals surface area contributed by atoms with Gasteiger partial charge in [0.05, 0.1) is 23.8 Å². The van der Waals surface area contributed by atoms with Gasteiger partial charge in [0.15, 0.2) is 0 Å². The number of rotatable bonds is 1. The Morgan fingerprint density at radius 1 is 0.946 bits per heavy atom. The third-order valence-electron chi connectivity index (χ3n) is 12.2. The van der Waals surface area contributed by atoms with Crippen LogP contribution in [0.1, 0.15) is 112 Å². The van der Waals surface area contributed by atoms with Crippen LogP contribution >= 0.6 is 0 Å². The smallest absolute Gasteiger partial charge is 0.0692 e. The van der Waals surface area contributed by atoms with Gasteiger partial charge in [-0.3, -0.25) is 0 Å². The zero-order valence-electron chi connectivity index (χ0n) is 24.9. The van der Waals surface area contributed by atoms with Crippen LogP contribution in [-0.2, 0) is 0 Å². The van der Waals surface area contributed by atoms with Crippen molar-refractivity contribution in [2.75, 3.05) is 13.7 Å². The first-order valence-corrected chi connectivity index (χ1v) is 15.0. The van der Waals surface area contributed by atoms with Crippen molar-refractivity contribution in [3.8, 4) is 6.07 Å². The Kier molecular flexibility index (Phi) is 10.9. The maximum atomic E-state index is 10.1. The number of fused-ring (bicyclic) bond motifs is 7. The van der Waals surface area contributed by atoms with Crippen LogP contribution < -0.4 is 0 Å². The van der Waals surface area contributed by atoms with Crippen molar-refractivity contribution < 1.29 is 15.4 Å². The van der Waals surface area contributed by atoms with Crippen LogP contribution in [0.2, 0.25) is 0 Å². The van der Waals surface area contributed by atoms with Gasteiger partial charge in [0, 0.05) is 13.0 Å². The number of aliphatic hydroxyl groups is 2. The molecule has 0 aromatic heterocycles. The quantitative estimate of drug-likeness (QED) is 0.190. The maximum absolute atomic E-state index is 10.1. The summed E-state index contributed by atoms with van der Waals surface area (Å²) in [5.41, 5.74) is 2.18. The van der Waals surface area contributed by atoms with Gasteiger partial charge in [-0.2, -0.15) is 5.26 Å². The van der Waals surface area contributed by atoms with Crippen molar-refractivity contribution in [1.29, 1.82) is 5.26 Å². The number of hydrogen-bond acceptors (Lipinski definition) is 5. The molecule has 5 rings (SSSR count). The van der Waals surface area contributed by atoms with Crippen molar-refractivity contribution in [3.05, 3.63) is 12.7 Å². The van der Waals surface area contributed by atoms with Crippen molar-refractivity contribution in [3.63, 3.8) is 0 Å². The molecule has 0 bridgehead atoms. The third-order valence-corrected chi connectivity index (χ3v) is 12.2. The molecule has 0 amide bonds. The van der Waals surface area contributed by atoms with Gasteiger partial charge in [-0.05, 0) is 104 Å². The summed E-state index contributed by atoms with van der Waals surface area (Å²) >= 11 is 0. The van der Waals surface area contributed by atoms with Crippen LogP contribution in [0.25, 0.3) is 0 Å². The fourth-order valence-electron chi connectivity index (χ4n) is 10.3. The second-order valence-electron chi connectivity index (χ2n) is 12.8. The van der Waals surface area contributed by atoms with Crippen molar-refractivity contribution in [1.82, 2.24) is 0 Å². The largest absolute Gasteiger partial charge is 0.411 e. The van der Waals surface area contributed by atoms with Gasteiger partial charge < -0.3 is 15.4 Å². The first-order chi connectivity index (χ1) is 17.7. The lowest BCUT2D eigenvalue weighted by Gasteiger charge is -2.71. The van der Waals surface area contributed by atoms with E-state index in [2.05, 4.69) is 45.5 Å². The molecule has 0 spiro atoms. The lowest BCUT2D eigenvalue weighted by atomic mass is 9.33. The Balaban J connectivity index is 0.000000541. The van der Waals surface area contributed by atoms with E-state index in [4.69, 9.17) is 10.2 Å². The molecule has 5 fully saturated rings. The minimum Gasteiger partial charge on any atom is -0.411 e. The molecule has 0 radical (unpaired) electrons. The van der Waals surface area contributed by atoms with E-state index in [1.807, 2.05) is 13.8 Å². The van der Waals surface area contributed by atoms with Gasteiger partial charge in [-0.25, -0.2) is 0 Å². The maximum Gasteiger partial charge on any atom is 0.0692 e. The SMILES string of the molecule is C=CCO.CC.CC1/C(=N/O)CCC2(C)C1CCC1(C)C2CCC2C3CCCC3(C#N)CC[C@]21C.CO. The lowest BCUT2D eigenvalue weighted by Crippen LogP contribution is -2.64. The second kappa shape index (κ2) is 12.6. The minimum atomic E-state index is 0.000319. The van der Waals surface area contributed by atoms with E-state index < -0.39 is 0 Å². The Labute approximate surface area is 227 Å². The van der Waals surface area contributed by atoms with Gasteiger partial charge in [0.1, 0.15) is 0 Å². The second-order valence-corrected chi connectivity index (χ2v) is 12.8. The van der Waals surface area contributed by atoms with Crippen molar-refractivity contribution >= 4 is 5.71 Å². The first kappa shape index (κ1) is 31.8. The molecule has 8 unspecified atom stereocenters. The van der Waals surface area contributed by atoms with E-state index in [0.717, 1.165) is 43.9 Å². The van der Waals surface area contributed by atoms with Crippen LogP contribution in [0.5, 0.6) is 0 Å². The summed E-state index contributed by atoms with van der Waals surface area (Å²) in [6.45, 7) is 17.5. The predicted octanol–water partition coefficient (Wildman–Crippen LogP) is 7.60. The molecule has 0 heterocycles. The average molecular weight is 517 g/mol. The minimum absolute atomic E-state index is 0.000319. The Hall–Kier alpha value is -1.38. The Bertz CT molecular complexity index is 836. The molecule has 5 nitrogen and oxygen atoms in total. The van der Waals surface area contributed by atoms with E-state index in [0.29, 0.717) is 34.0 Å². The molecule has 0 aromatic rings. The van der Waals surface area contributed by atoms with Crippen LogP contribution in [0.3, 0.4) is 0 Å². The number of hydrogen-bond donors (Lipinski definition) is 3. The predicted molar refractivity (Wildman–Crippen MR) is 152 cm³/mol. The van der Waals surface area contributed by atoms with E-state index in [9.17, 15) is 10.5 Å². The third kappa shape index (κ3) is 4.91. The average Bonchev–Trinajstić information content (AvgIpc) is 3.36. The van der Waals surface area contributed by atoms with Crippen molar-refractivity contribution in [2.45, 2.75) is 112 Å². The zero-order chi connectivity index (χ0) is 28.1. The lowest BCUT2D eigenvalue weighted by molar-refractivity contribution is -0.215. The van der Waals surface area contributed by atoms with Gasteiger partial charge >= 0.3 is 0 Å². The van der Waals surface area contributed by atoms with E-state index in [1.165, 1.54) is 57.4 Å². The van der Waals surface area contributed by atoms with Crippen LogP contribution in [-0.4, -0.2) is 34.8 Å². The molecule has 5 heteroatoms. The molecular formula is C32H56N2O3. The number of aliphatic hydroxyl groups excluding tert-OH is 2. The highest BCUT2D eigenvalue weighted by molar-refractivity contribution is 5.87. The molecule has 9 atom stereocenters. The van der Waals surface area contributed by atoms with Crippen LogP contribution in [0.15, 0.2) is 17.8 Å². The molecule has 0 saturated heterocycles. The Morgan fingerprint density at radius 3 is 2.16 bits per heavy atom. The highest BCUT2D eigenvalue weighted by Gasteiger charge is 2.68. The summed E-state index contributed by atoms with van der Waals surface area (Å²) in [6.07, 6.45) is 15.0. The highest BCUT2D eigenvalue weighted by Crippen LogP contribution is 2.75. The molecule has 5 saturated carbocycles. The summed E-state index contributed by atoms with van der Waals surface area (Å²) in [6, 6.07) is 2.85. The fraction of sp³-hybridized carbons (Fsp3) is 0.875. The van der Waals surface area contributed by atoms with Crippen LogP contribution in [0.4, 0.5) is 0 Å². The van der Waals surface area contributed by atoms with Crippen molar-refractivity contribution in [2.24, 2.45) is 56.4 Å². The number of nitrogens with zero attached hydrogens (tertiary/aromatic N) is 2. The molecule has 5 aliphatic carbocycles. The van der Waals surface area contributed by atoms with Gasteiger partial charge in [0.25, 0.3) is 0 Å². The Morgan fingerprint density at radius 2 is 1.59 bits per heavy atom. The van der Waals surface area contributed by atoms with E-state index in [-0.39, 0.29) is 12.0 Å². The summed E-state index contributed by atoms with van der Waals surface area (Å²) in [7, 11) is 1.00. The normalized spacial score (nSPS) is 46.4. The van der Waals surface area contributed by atoms with E-state index >= 15 is 0 Å². The summed E-state index contributed by atoms with van der Waals surface area (Å²) in [5, 5.41) is 38.1. The first-order valence-electron chi connectivity index (χ1n) is 15.0. The van der Waals surface area contributed by atoms with Crippen LogP contribution in [0, 0.1) is 62.6 Å². The number of nitriles is 1. The molecule has 5 aliphatic rings. The summed E-state index contributed by atoms with van der Waals surface area (Å²) in [5.74, 6) is 3.24. The molecule has 0 aromatic carbocycles. The topological polar surface area (TPSA) is 96.8 Å². The molecule has 3 N–H and O–H groups in total. The molecule has 212 valence electrons. The van der Waals surface area contributed by atoms with E-state index in [1.54, 1.807) is 0 Å². The fourth-order valence-corrected chi connectivity index (χ4v) is 10.3. The highest BCUT2D eigenvalue weighted by atomic mass is 16.4. The standard InChI is InChI=1S/C26H40N2O.C3H6O.C2H6.CH4O/c1-17-18-9-13-25(4)22(23(18,2)12-10-21(17)28-29)8-7-19-20-6-5-11-26(20,16-27)15-14-24(19,25)3;1-2-3-4;2*1-2/h17-20,22,29H,5-15H2,1-4H3;2,4H,1,3H2;1-2H3;2H,1H3/b28-21+;;;/t17?,18?,19?,20?,22?,23?,24-,25?,26?;;;/m1.../s1. The molecular weight excluding hydrogens is 460 g/mol. The summed E-state index contributed by atoms with van der Waals surface area (Å²) in [4.78, 5) is 0. The molecule has 0 aliphatic heterocycles. The number of oxime groups is 1. The van der Waals surface area contributed by atoms with Gasteiger partial charge in [0.2, 0.25) is 0 Å². The monoisotopic (exact) mass is 516 g/mol. The van der Waals surface area contributed by atoms with Gasteiger partial charge in [-0.15, -0.1) is 6.58 Å². The summed E-state index contributed by atoms with van der Waals surface area (Å²) < 4.78 is 0. The molecule has 37 heavy (non-hydrogen) atoms. The van der Waals surface area contributed by atoms with Gasteiger partial charge in [-0.1, -0.05) is 59.2 Å².